The first-order valence-electron chi connectivity index (χ1n) is 21.6. The fourth-order valence-electron chi connectivity index (χ4n) is 8.87. The molecule has 0 radical (unpaired) electrons. The van der Waals surface area contributed by atoms with E-state index in [1.54, 1.807) is 46.2 Å². The van der Waals surface area contributed by atoms with Crippen molar-refractivity contribution >= 4 is 63.6 Å². The lowest BCUT2D eigenvalue weighted by Gasteiger charge is -2.44. The highest BCUT2D eigenvalue weighted by Gasteiger charge is 2.44. The third-order valence-corrected chi connectivity index (χ3v) is 13.8. The van der Waals surface area contributed by atoms with Crippen LogP contribution in [0.2, 0.25) is 20.1 Å². The highest BCUT2D eigenvalue weighted by molar-refractivity contribution is 6.34. The summed E-state index contributed by atoms with van der Waals surface area (Å²) in [4.78, 5) is 23.5. The van der Waals surface area contributed by atoms with E-state index in [9.17, 15) is 35.1 Å². The fourth-order valence-corrected chi connectivity index (χ4v) is 9.96. The Bertz CT molecular complexity index is 2640. The number of carbonyl (C=O) groups is 1. The molecule has 4 aromatic carbocycles. The van der Waals surface area contributed by atoms with Crippen molar-refractivity contribution in [2.45, 2.75) is 37.5 Å². The minimum atomic E-state index is -5.05. The third kappa shape index (κ3) is 10.8. The molecular formula is C47H42Cl4F8N8O3. The first-order valence-corrected chi connectivity index (χ1v) is 23.1. The quantitative estimate of drug-likeness (QED) is 0.0991. The molecule has 0 amide bonds. The van der Waals surface area contributed by atoms with Crippen molar-refractivity contribution in [1.82, 2.24) is 29.4 Å². The summed E-state index contributed by atoms with van der Waals surface area (Å²) in [5.41, 5.74) is -1.73. The Kier molecular flexibility index (Phi) is 15.2. The molecule has 11 nitrogen and oxygen atoms in total. The molecule has 0 N–H and O–H groups in total. The second kappa shape index (κ2) is 20.8. The van der Waals surface area contributed by atoms with E-state index in [4.69, 9.17) is 55.9 Å². The molecule has 23 heteroatoms. The molecule has 2 fully saturated rings. The molecule has 70 heavy (non-hydrogen) atoms. The van der Waals surface area contributed by atoms with Gasteiger partial charge in [-0.05, 0) is 72.8 Å². The summed E-state index contributed by atoms with van der Waals surface area (Å²) in [6.07, 6.45) is -10.1. The average Bonchev–Trinajstić information content (AvgIpc) is 3.86. The second-order valence-corrected chi connectivity index (χ2v) is 18.1. The van der Waals surface area contributed by atoms with Crippen LogP contribution in [0.5, 0.6) is 11.5 Å². The number of alkyl halides is 6. The maximum absolute atomic E-state index is 15.9. The van der Waals surface area contributed by atoms with E-state index in [1.807, 2.05) is 9.80 Å². The third-order valence-electron chi connectivity index (χ3n) is 12.4. The molecule has 6 aromatic rings. The van der Waals surface area contributed by atoms with Crippen molar-refractivity contribution in [1.29, 1.82) is 0 Å². The Labute approximate surface area is 416 Å². The summed E-state index contributed by atoms with van der Waals surface area (Å²) in [5, 5.41) is 7.05. The van der Waals surface area contributed by atoms with Crippen LogP contribution in [0.1, 0.15) is 11.4 Å². The molecule has 0 saturated carbocycles. The molecule has 372 valence electrons. The normalized spacial score (nSPS) is 16.1. The number of hydrogen-bond acceptors (Lipinski definition) is 9. The lowest BCUT2D eigenvalue weighted by atomic mass is 9.99. The van der Waals surface area contributed by atoms with Gasteiger partial charge in [0.15, 0.2) is 17.2 Å². The number of ketones is 1. The highest BCUT2D eigenvalue weighted by Crippen LogP contribution is 2.42. The summed E-state index contributed by atoms with van der Waals surface area (Å²) in [6, 6.07) is 16.9. The van der Waals surface area contributed by atoms with Crippen LogP contribution in [-0.2, 0) is 30.2 Å². The minimum Gasteiger partial charge on any atom is -0.495 e. The van der Waals surface area contributed by atoms with Crippen molar-refractivity contribution in [2.75, 3.05) is 76.4 Å². The van der Waals surface area contributed by atoms with Crippen LogP contribution in [0.4, 0.5) is 46.5 Å². The summed E-state index contributed by atoms with van der Waals surface area (Å²) >= 11 is 25.6. The molecule has 0 aliphatic carbocycles. The van der Waals surface area contributed by atoms with Crippen LogP contribution in [0, 0.1) is 11.6 Å². The Morgan fingerprint density at radius 1 is 0.557 bits per heavy atom. The Balaban J connectivity index is 1.23. The summed E-state index contributed by atoms with van der Waals surface area (Å²) < 4.78 is 129. The standard InChI is InChI=1S/C47H42Cl4F8N8O3/c1-69-37-23-31(11-13-33(37)48)62-15-19-64(20-16-62)35(25-66-41(27-3-7-29(52)8-4-27)39(50)44(60-66)46(54,55)56)43(68)36(65-21-17-63(18-22-65)32-12-14-34(49)38(24-32)70-2)26-67-42(28-5-9-30(53)10-6-28)40(51)45(61-67)47(57,58)59/h3-14,23-24,35-36H,15-22,25-26H2,1-2H3. The number of carbonyl (C=O) groups excluding carboxylic acids is 1. The summed E-state index contributed by atoms with van der Waals surface area (Å²) in [6.45, 7) is 0.822. The molecule has 0 bridgehead atoms. The van der Waals surface area contributed by atoms with Gasteiger partial charge in [0, 0.05) is 87.0 Å². The van der Waals surface area contributed by atoms with Gasteiger partial charge in [0.05, 0.1) is 70.9 Å². The minimum absolute atomic E-state index is 0.0726. The van der Waals surface area contributed by atoms with E-state index in [-0.39, 0.29) is 48.7 Å². The zero-order chi connectivity index (χ0) is 50.2. The number of halogens is 12. The van der Waals surface area contributed by atoms with E-state index in [0.29, 0.717) is 47.7 Å². The SMILES string of the molecule is COc1cc(N2CCN(C(Cn3nc(C(F)(F)F)c(Cl)c3-c3ccc(F)cc3)C(=O)C(Cn3nc(C(F)(F)F)c(Cl)c3-c3ccc(F)cc3)N3CCN(c4ccc(Cl)c(OC)c4)CC3)CC2)ccc1Cl. The maximum atomic E-state index is 15.9. The zero-order valence-corrected chi connectivity index (χ0v) is 40.2. The molecule has 2 aliphatic rings. The van der Waals surface area contributed by atoms with Gasteiger partial charge in [-0.3, -0.25) is 24.0 Å². The number of methoxy groups -OCH3 is 2. The Morgan fingerprint density at radius 2 is 0.900 bits per heavy atom. The predicted octanol–water partition coefficient (Wildman–Crippen LogP) is 11.0. The van der Waals surface area contributed by atoms with Crippen LogP contribution in [-0.4, -0.2) is 114 Å². The van der Waals surface area contributed by atoms with E-state index in [0.717, 1.165) is 45.0 Å². The number of piperazine rings is 2. The number of rotatable bonds is 14. The molecule has 8 rings (SSSR count). The highest BCUT2D eigenvalue weighted by atomic mass is 35.5. The van der Waals surface area contributed by atoms with Gasteiger partial charge in [-0.15, -0.1) is 0 Å². The fraction of sp³-hybridized carbons (Fsp3) is 0.340. The maximum Gasteiger partial charge on any atom is 0.436 e. The van der Waals surface area contributed by atoms with Crippen molar-refractivity contribution in [3.63, 3.8) is 0 Å². The summed E-state index contributed by atoms with van der Waals surface area (Å²) in [5.74, 6) is -1.10. The van der Waals surface area contributed by atoms with Crippen molar-refractivity contribution < 1.29 is 49.4 Å². The molecule has 4 heterocycles. The zero-order valence-electron chi connectivity index (χ0n) is 37.1. The molecule has 2 saturated heterocycles. The van der Waals surface area contributed by atoms with E-state index in [1.165, 1.54) is 38.5 Å². The van der Waals surface area contributed by atoms with E-state index in [2.05, 4.69) is 10.2 Å². The van der Waals surface area contributed by atoms with Gasteiger partial charge < -0.3 is 19.3 Å². The number of hydrogen-bond donors (Lipinski definition) is 0. The number of nitrogens with zero attached hydrogens (tertiary/aromatic N) is 8. The number of Topliss-reactive ketones (excluding diaryl/α,β-unsaturated/α-hetero) is 1. The van der Waals surface area contributed by atoms with Crippen molar-refractivity contribution in [3.8, 4) is 34.0 Å². The molecule has 2 aromatic heterocycles. The smallest absolute Gasteiger partial charge is 0.436 e. The second-order valence-electron chi connectivity index (χ2n) is 16.5. The number of aromatic nitrogens is 4. The van der Waals surface area contributed by atoms with Crippen molar-refractivity contribution in [2.24, 2.45) is 0 Å². The molecule has 0 spiro atoms. The van der Waals surface area contributed by atoms with E-state index < -0.39 is 76.4 Å². The first-order chi connectivity index (χ1) is 33.2. The van der Waals surface area contributed by atoms with Gasteiger partial charge >= 0.3 is 12.4 Å². The van der Waals surface area contributed by atoms with Gasteiger partial charge in [-0.2, -0.15) is 36.5 Å². The number of anilines is 2. The largest absolute Gasteiger partial charge is 0.495 e. The molecular weight excluding hydrogens is 1020 g/mol. The van der Waals surface area contributed by atoms with Crippen LogP contribution in [0.15, 0.2) is 84.9 Å². The molecule has 2 atom stereocenters. The van der Waals surface area contributed by atoms with Gasteiger partial charge in [0.25, 0.3) is 0 Å². The van der Waals surface area contributed by atoms with Gasteiger partial charge in [-0.1, -0.05) is 46.4 Å². The average molecular weight is 1060 g/mol. The lowest BCUT2D eigenvalue weighted by molar-refractivity contribution is -0.142. The van der Waals surface area contributed by atoms with Crippen LogP contribution >= 0.6 is 46.4 Å². The van der Waals surface area contributed by atoms with Gasteiger partial charge in [0.2, 0.25) is 0 Å². The number of benzene rings is 4. The predicted molar refractivity (Wildman–Crippen MR) is 251 cm³/mol. The van der Waals surface area contributed by atoms with Crippen LogP contribution < -0.4 is 19.3 Å². The topological polar surface area (TPSA) is 84.1 Å². The monoisotopic (exact) mass is 1060 g/mol. The first kappa shape index (κ1) is 51.1. The number of ether oxygens (including phenoxy) is 2. The lowest BCUT2D eigenvalue weighted by Crippen LogP contribution is -2.61. The molecule has 2 unspecified atom stereocenters. The van der Waals surface area contributed by atoms with Gasteiger partial charge in [0.1, 0.15) is 23.1 Å². The van der Waals surface area contributed by atoms with E-state index >= 15 is 4.79 Å². The van der Waals surface area contributed by atoms with Crippen molar-refractivity contribution in [3.05, 3.63) is 128 Å². The van der Waals surface area contributed by atoms with Crippen LogP contribution in [0.3, 0.4) is 0 Å². The Hall–Kier alpha value is -5.31. The molecule has 2 aliphatic heterocycles. The van der Waals surface area contributed by atoms with Crippen LogP contribution in [0.25, 0.3) is 22.5 Å². The Morgan fingerprint density at radius 3 is 1.21 bits per heavy atom. The van der Waals surface area contributed by atoms with Gasteiger partial charge in [-0.25, -0.2) is 8.78 Å². The summed E-state index contributed by atoms with van der Waals surface area (Å²) in [7, 11) is 2.94.